The fourth-order valence-electron chi connectivity index (χ4n) is 1.41. The second-order valence-corrected chi connectivity index (χ2v) is 7.62. The van der Waals surface area contributed by atoms with Gasteiger partial charge in [-0.15, -0.1) is 0 Å². The molecule has 0 heterocycles. The maximum Gasteiger partial charge on any atom is -1.00 e. The minimum absolute atomic E-state index is 0. The summed E-state index contributed by atoms with van der Waals surface area (Å²) in [5, 5.41) is 0. The molecule has 0 atom stereocenters. The van der Waals surface area contributed by atoms with Gasteiger partial charge in [-0.1, -0.05) is 0 Å². The normalized spacial score (nSPS) is 20.0. The molecular weight excluding hydrogens is 244 g/mol. The van der Waals surface area contributed by atoms with E-state index in [4.69, 9.17) is 0 Å². The summed E-state index contributed by atoms with van der Waals surface area (Å²) in [4.78, 5) is 0. The van der Waals surface area contributed by atoms with Crippen molar-refractivity contribution < 1.29 is 41.6 Å². The second kappa shape index (κ2) is 5.16. The van der Waals surface area contributed by atoms with Crippen molar-refractivity contribution in [3.63, 3.8) is 0 Å². The van der Waals surface area contributed by atoms with E-state index in [9.17, 15) is 0 Å². The van der Waals surface area contributed by atoms with Crippen LogP contribution in [-0.4, -0.2) is 0 Å². The standard InChI is InChI=1S/2C5H5.ClH.Y/c2*1-2-4-5-3-1;;/h2*1-5H;1H;/q;;;+1/p-1. The van der Waals surface area contributed by atoms with Crippen LogP contribution in [0.15, 0.2) is 48.6 Å². The average molecular weight is 255 g/mol. The summed E-state index contributed by atoms with van der Waals surface area (Å²) in [6.07, 6.45) is 18.1. The number of hydrogen-bond donors (Lipinski definition) is 0. The van der Waals surface area contributed by atoms with Crippen molar-refractivity contribution in [2.24, 2.45) is 0 Å². The van der Waals surface area contributed by atoms with E-state index in [-0.39, 0.29) is 12.4 Å². The van der Waals surface area contributed by atoms with Gasteiger partial charge >= 0.3 is 83.3 Å². The molecule has 2 rings (SSSR count). The Kier molecular flexibility index (Phi) is 4.49. The molecule has 60 valence electrons. The molecule has 0 saturated heterocycles. The van der Waals surface area contributed by atoms with E-state index in [0.717, 1.165) is 5.46 Å². The van der Waals surface area contributed by atoms with Crippen LogP contribution in [0, 0.1) is 0 Å². The fraction of sp³-hybridized carbons (Fsp3) is 0.200. The van der Waals surface area contributed by atoms with E-state index in [1.54, 1.807) is 0 Å². The molecule has 2 aliphatic rings. The van der Waals surface area contributed by atoms with Gasteiger partial charge in [0.15, 0.2) is 0 Å². The van der Waals surface area contributed by atoms with Gasteiger partial charge in [-0.25, -0.2) is 0 Å². The van der Waals surface area contributed by atoms with Crippen molar-refractivity contribution >= 4 is 0 Å². The zero-order valence-electron chi connectivity index (χ0n) is 6.73. The van der Waals surface area contributed by atoms with Gasteiger partial charge in [0.25, 0.3) is 0 Å². The van der Waals surface area contributed by atoms with Crippen LogP contribution in [0.25, 0.3) is 0 Å². The Hall–Kier alpha value is 0.354. The van der Waals surface area contributed by atoms with E-state index < -0.39 is 29.2 Å². The first-order valence-electron chi connectivity index (χ1n) is 4.00. The predicted octanol–water partition coefficient (Wildman–Crippen LogP) is -0.0981. The summed E-state index contributed by atoms with van der Waals surface area (Å²) >= 11 is -0.432. The second-order valence-electron chi connectivity index (χ2n) is 2.89. The van der Waals surface area contributed by atoms with Gasteiger partial charge in [-0.2, -0.15) is 0 Å². The molecule has 12 heavy (non-hydrogen) atoms. The van der Waals surface area contributed by atoms with E-state index in [2.05, 4.69) is 48.6 Å². The van der Waals surface area contributed by atoms with Crippen LogP contribution >= 0.6 is 0 Å². The summed E-state index contributed by atoms with van der Waals surface area (Å²) in [7, 11) is 0. The number of hydrogen-bond acceptors (Lipinski definition) is 0. The smallest absolute Gasteiger partial charge is 1.00 e. The number of allylic oxidation sites excluding steroid dienone is 8. The molecule has 0 aliphatic heterocycles. The molecule has 0 aromatic carbocycles. The molecule has 0 fully saturated rings. The minimum Gasteiger partial charge on any atom is -1.00 e. The predicted molar refractivity (Wildman–Crippen MR) is 44.1 cm³/mol. The Morgan fingerprint density at radius 3 is 1.33 bits per heavy atom. The number of rotatable bonds is 2. The van der Waals surface area contributed by atoms with Crippen molar-refractivity contribution in [2.45, 2.75) is 5.46 Å². The summed E-state index contributed by atoms with van der Waals surface area (Å²) in [5.74, 6) is 0. The van der Waals surface area contributed by atoms with Gasteiger partial charge in [0.2, 0.25) is 0 Å². The monoisotopic (exact) mass is 254 g/mol. The first-order valence-corrected chi connectivity index (χ1v) is 7.28. The van der Waals surface area contributed by atoms with Crippen LogP contribution in [0.3, 0.4) is 0 Å². The molecule has 0 bridgehead atoms. The molecule has 0 spiro atoms. The zero-order chi connectivity index (χ0) is 7.52. The van der Waals surface area contributed by atoms with Crippen LogP contribution < -0.4 is 12.4 Å². The van der Waals surface area contributed by atoms with Gasteiger partial charge < -0.3 is 12.4 Å². The molecule has 0 aromatic heterocycles. The Morgan fingerprint density at radius 2 is 1.00 bits per heavy atom. The Labute approximate surface area is 94.9 Å². The summed E-state index contributed by atoms with van der Waals surface area (Å²) in [6, 6.07) is 0. The van der Waals surface area contributed by atoms with Gasteiger partial charge in [-0.3, -0.25) is 0 Å². The third-order valence-electron chi connectivity index (χ3n) is 2.00. The molecule has 0 unspecified atom stereocenters. The SMILES string of the molecule is C1=C[CH]([Y+][CH]2C=CC=C2)C=C1.[Cl-]. The van der Waals surface area contributed by atoms with Crippen molar-refractivity contribution in [1.82, 2.24) is 0 Å². The molecule has 0 amide bonds. The van der Waals surface area contributed by atoms with E-state index in [1.807, 2.05) is 0 Å². The summed E-state index contributed by atoms with van der Waals surface area (Å²) < 4.78 is 1.73. The first-order chi connectivity index (χ1) is 5.45. The fourth-order valence-corrected chi connectivity index (χ4v) is 5.20. The summed E-state index contributed by atoms with van der Waals surface area (Å²) in [6.45, 7) is 0. The van der Waals surface area contributed by atoms with Crippen molar-refractivity contribution in [3.05, 3.63) is 48.6 Å². The van der Waals surface area contributed by atoms with Gasteiger partial charge in [0, 0.05) is 0 Å². The molecule has 0 radical (unpaired) electrons. The third kappa shape index (κ3) is 2.69. The van der Waals surface area contributed by atoms with Gasteiger partial charge in [-0.05, 0) is 0 Å². The molecule has 2 aliphatic carbocycles. The molecular formula is C10H10ClY. The van der Waals surface area contributed by atoms with E-state index in [1.165, 1.54) is 0 Å². The van der Waals surface area contributed by atoms with Gasteiger partial charge in [0.05, 0.1) is 0 Å². The molecule has 0 nitrogen and oxygen atoms in total. The Balaban J connectivity index is 0.000000720. The minimum atomic E-state index is -0.432. The van der Waals surface area contributed by atoms with Crippen molar-refractivity contribution in [3.8, 4) is 0 Å². The molecule has 0 aromatic rings. The largest absolute Gasteiger partial charge is 1.00 e. The van der Waals surface area contributed by atoms with Crippen molar-refractivity contribution in [2.75, 3.05) is 0 Å². The first kappa shape index (κ1) is 10.4. The Bertz CT molecular complexity index is 201. The van der Waals surface area contributed by atoms with Crippen molar-refractivity contribution in [1.29, 1.82) is 0 Å². The van der Waals surface area contributed by atoms with Crippen LogP contribution in [-0.2, 0) is 29.2 Å². The molecule has 0 saturated carbocycles. The molecule has 2 heteroatoms. The zero-order valence-corrected chi connectivity index (χ0v) is 10.3. The topological polar surface area (TPSA) is 0 Å². The summed E-state index contributed by atoms with van der Waals surface area (Å²) in [5.41, 5.74) is 0. The van der Waals surface area contributed by atoms with E-state index in [0.29, 0.717) is 0 Å². The third-order valence-corrected chi connectivity index (χ3v) is 6.37. The van der Waals surface area contributed by atoms with Crippen LogP contribution in [0.1, 0.15) is 0 Å². The van der Waals surface area contributed by atoms with E-state index >= 15 is 0 Å². The maximum atomic E-state index is 2.35. The average Bonchev–Trinajstić information content (AvgIpc) is 2.60. The van der Waals surface area contributed by atoms with Gasteiger partial charge in [0.1, 0.15) is 0 Å². The van der Waals surface area contributed by atoms with Crippen LogP contribution in [0.2, 0.25) is 5.46 Å². The molecule has 0 N–H and O–H groups in total. The number of halogens is 1. The quantitative estimate of drug-likeness (QED) is 0.646. The maximum absolute atomic E-state index is 2.35. The Morgan fingerprint density at radius 1 is 0.667 bits per heavy atom. The van der Waals surface area contributed by atoms with Crippen LogP contribution in [0.5, 0.6) is 0 Å². The van der Waals surface area contributed by atoms with Crippen LogP contribution in [0.4, 0.5) is 0 Å².